The Morgan fingerprint density at radius 3 is 2.70 bits per heavy atom. The van der Waals surface area contributed by atoms with Crippen LogP contribution in [0.1, 0.15) is 0 Å². The van der Waals surface area contributed by atoms with Gasteiger partial charge >= 0.3 is 0 Å². The lowest BCUT2D eigenvalue weighted by atomic mass is 10.3. The zero-order chi connectivity index (χ0) is 7.56. The lowest BCUT2D eigenvalue weighted by Gasteiger charge is -1.92. The van der Waals surface area contributed by atoms with Gasteiger partial charge in [-0.1, -0.05) is 6.07 Å². The summed E-state index contributed by atoms with van der Waals surface area (Å²) < 4.78 is 12.9. The quantitative estimate of drug-likeness (QED) is 0.646. The predicted molar refractivity (Wildman–Crippen MR) is 39.6 cm³/mol. The molecule has 0 bridgehead atoms. The number of halogens is 2. The molecule has 4 heteroatoms. The first kappa shape index (κ1) is 7.34. The van der Waals surface area contributed by atoms with Gasteiger partial charge in [-0.15, -0.1) is 4.91 Å². The molecule has 10 heavy (non-hydrogen) atoms. The maximum atomic E-state index is 12.7. The molecule has 0 atom stereocenters. The van der Waals surface area contributed by atoms with E-state index in [0.29, 0.717) is 0 Å². The van der Waals surface area contributed by atoms with E-state index in [-0.39, 0.29) is 10.2 Å². The Hall–Kier alpha value is -0.770. The summed E-state index contributed by atoms with van der Waals surface area (Å²) in [4.78, 5) is 9.87. The van der Waals surface area contributed by atoms with Gasteiger partial charge in [-0.05, 0) is 33.2 Å². The maximum absolute atomic E-state index is 12.7. The third-order valence-electron chi connectivity index (χ3n) is 1.03. The van der Waals surface area contributed by atoms with Crippen LogP contribution in [0, 0.1) is 10.7 Å². The summed E-state index contributed by atoms with van der Waals surface area (Å²) in [5.74, 6) is -0.613. The molecule has 52 valence electrons. The largest absolute Gasteiger partial charge is 0.203 e. The molecule has 0 amide bonds. The van der Waals surface area contributed by atoms with Crippen molar-refractivity contribution in [2.24, 2.45) is 5.18 Å². The third-order valence-corrected chi connectivity index (χ3v) is 1.64. The van der Waals surface area contributed by atoms with Crippen LogP contribution in [0.5, 0.6) is 0 Å². The van der Waals surface area contributed by atoms with E-state index in [1.807, 2.05) is 0 Å². The van der Waals surface area contributed by atoms with Crippen molar-refractivity contribution in [1.29, 1.82) is 0 Å². The van der Waals surface area contributed by atoms with Gasteiger partial charge in [-0.3, -0.25) is 0 Å². The topological polar surface area (TPSA) is 29.4 Å². The van der Waals surface area contributed by atoms with E-state index >= 15 is 0 Å². The first-order valence-corrected chi connectivity index (χ1v) is 3.32. The minimum atomic E-state index is -0.613. The van der Waals surface area contributed by atoms with Crippen molar-refractivity contribution in [3.05, 3.63) is 33.4 Å². The van der Waals surface area contributed by atoms with E-state index in [1.165, 1.54) is 12.1 Å². The lowest BCUT2D eigenvalue weighted by Crippen LogP contribution is -1.75. The Morgan fingerprint density at radius 1 is 1.50 bits per heavy atom. The van der Waals surface area contributed by atoms with Gasteiger partial charge in [0.15, 0.2) is 5.82 Å². The van der Waals surface area contributed by atoms with Gasteiger partial charge in [0, 0.05) is 0 Å². The van der Waals surface area contributed by atoms with E-state index < -0.39 is 5.82 Å². The molecular weight excluding hydrogens is 201 g/mol. The highest BCUT2D eigenvalue weighted by Gasteiger charge is 2.03. The Morgan fingerprint density at radius 2 is 2.20 bits per heavy atom. The molecule has 0 aliphatic carbocycles. The highest BCUT2D eigenvalue weighted by Crippen LogP contribution is 2.24. The average Bonchev–Trinajstić information content (AvgIpc) is 1.95. The number of hydrogen-bond donors (Lipinski definition) is 0. The predicted octanol–water partition coefficient (Wildman–Crippen LogP) is 2.99. The van der Waals surface area contributed by atoms with Crippen molar-refractivity contribution in [3.63, 3.8) is 0 Å². The summed E-state index contributed by atoms with van der Waals surface area (Å²) in [5.41, 5.74) is -0.172. The fourth-order valence-electron chi connectivity index (χ4n) is 0.563. The Labute approximate surface area is 65.2 Å². The van der Waals surface area contributed by atoms with E-state index in [1.54, 1.807) is 6.07 Å². The van der Waals surface area contributed by atoms with Gasteiger partial charge < -0.3 is 0 Å². The Bertz CT molecular complexity index is 264. The van der Waals surface area contributed by atoms with Crippen molar-refractivity contribution in [2.45, 2.75) is 0 Å². The van der Waals surface area contributed by atoms with E-state index in [0.717, 1.165) is 0 Å². The van der Waals surface area contributed by atoms with Crippen molar-refractivity contribution in [2.75, 3.05) is 0 Å². The number of rotatable bonds is 1. The van der Waals surface area contributed by atoms with Crippen LogP contribution in [0.25, 0.3) is 0 Å². The fraction of sp³-hybridized carbons (Fsp3) is 0. The van der Waals surface area contributed by atoms with Crippen LogP contribution in [-0.4, -0.2) is 0 Å². The molecule has 0 radical (unpaired) electrons. The van der Waals surface area contributed by atoms with Crippen molar-refractivity contribution >= 4 is 21.6 Å². The van der Waals surface area contributed by atoms with Gasteiger partial charge in [0.2, 0.25) is 0 Å². The molecule has 0 saturated heterocycles. The van der Waals surface area contributed by atoms with Gasteiger partial charge in [0.25, 0.3) is 0 Å². The summed E-state index contributed by atoms with van der Waals surface area (Å²) in [6.45, 7) is 0. The fourth-order valence-corrected chi connectivity index (χ4v) is 0.919. The summed E-state index contributed by atoms with van der Waals surface area (Å²) in [5, 5.41) is 2.48. The number of hydrogen-bond acceptors (Lipinski definition) is 2. The van der Waals surface area contributed by atoms with E-state index in [4.69, 9.17) is 0 Å². The van der Waals surface area contributed by atoms with Gasteiger partial charge in [-0.25, -0.2) is 4.39 Å². The van der Waals surface area contributed by atoms with Crippen LogP contribution in [0.15, 0.2) is 27.8 Å². The molecule has 0 heterocycles. The number of benzene rings is 1. The minimum Gasteiger partial charge on any atom is -0.203 e. The van der Waals surface area contributed by atoms with Crippen molar-refractivity contribution in [1.82, 2.24) is 0 Å². The van der Waals surface area contributed by atoms with Gasteiger partial charge in [0.1, 0.15) is 5.69 Å². The summed E-state index contributed by atoms with van der Waals surface area (Å²) in [7, 11) is 0. The minimum absolute atomic E-state index is 0.172. The Kier molecular flexibility index (Phi) is 2.11. The van der Waals surface area contributed by atoms with E-state index in [2.05, 4.69) is 21.1 Å². The summed E-state index contributed by atoms with van der Waals surface area (Å²) in [6.07, 6.45) is 0. The molecule has 0 spiro atoms. The van der Waals surface area contributed by atoms with Crippen LogP contribution in [0.3, 0.4) is 0 Å². The second-order valence-corrected chi connectivity index (χ2v) is 2.52. The highest BCUT2D eigenvalue weighted by molar-refractivity contribution is 9.10. The molecule has 0 N–H and O–H groups in total. The second kappa shape index (κ2) is 2.88. The monoisotopic (exact) mass is 203 g/mol. The second-order valence-electron chi connectivity index (χ2n) is 1.66. The zero-order valence-corrected chi connectivity index (χ0v) is 6.43. The van der Waals surface area contributed by atoms with Crippen molar-refractivity contribution in [3.8, 4) is 0 Å². The molecule has 0 saturated carbocycles. The first-order chi connectivity index (χ1) is 4.75. The SMILES string of the molecule is O=Nc1cccc(Br)c1F. The Balaban J connectivity index is 3.27. The van der Waals surface area contributed by atoms with E-state index in [9.17, 15) is 9.30 Å². The van der Waals surface area contributed by atoms with Crippen LogP contribution in [0.2, 0.25) is 0 Å². The molecule has 2 nitrogen and oxygen atoms in total. The molecule has 0 unspecified atom stereocenters. The number of nitrogens with zero attached hydrogens (tertiary/aromatic N) is 1. The van der Waals surface area contributed by atoms with Crippen molar-refractivity contribution < 1.29 is 4.39 Å². The number of nitroso groups, excluding NO2 is 1. The molecular formula is C6H3BrFNO. The zero-order valence-electron chi connectivity index (χ0n) is 4.84. The molecule has 0 fully saturated rings. The molecule has 0 aliphatic heterocycles. The smallest absolute Gasteiger partial charge is 0.166 e. The average molecular weight is 204 g/mol. The van der Waals surface area contributed by atoms with Gasteiger partial charge in [0.05, 0.1) is 4.47 Å². The summed E-state index contributed by atoms with van der Waals surface area (Å²) >= 11 is 2.91. The van der Waals surface area contributed by atoms with Crippen LogP contribution >= 0.6 is 15.9 Å². The molecule has 1 rings (SSSR count). The summed E-state index contributed by atoms with van der Waals surface area (Å²) in [6, 6.07) is 4.36. The van der Waals surface area contributed by atoms with Gasteiger partial charge in [-0.2, -0.15) is 0 Å². The molecule has 0 aliphatic rings. The normalized spacial score (nSPS) is 9.40. The molecule has 1 aromatic rings. The van der Waals surface area contributed by atoms with Crippen LogP contribution in [0.4, 0.5) is 10.1 Å². The maximum Gasteiger partial charge on any atom is 0.166 e. The molecule has 0 aromatic heterocycles. The standard InChI is InChI=1S/C6H3BrFNO/c7-4-2-1-3-5(9-10)6(4)8/h1-3H. The highest BCUT2D eigenvalue weighted by atomic mass is 79.9. The van der Waals surface area contributed by atoms with Crippen LogP contribution in [-0.2, 0) is 0 Å². The lowest BCUT2D eigenvalue weighted by molar-refractivity contribution is 0.623. The molecule has 1 aromatic carbocycles. The third kappa shape index (κ3) is 1.21. The first-order valence-electron chi connectivity index (χ1n) is 2.53. The van der Waals surface area contributed by atoms with Crippen LogP contribution < -0.4 is 0 Å².